The van der Waals surface area contributed by atoms with Crippen LogP contribution in [0.1, 0.15) is 30.9 Å². The van der Waals surface area contributed by atoms with Crippen LogP contribution >= 0.6 is 11.6 Å². The van der Waals surface area contributed by atoms with E-state index in [1.807, 2.05) is 35.2 Å². The van der Waals surface area contributed by atoms with Crippen LogP contribution in [0.5, 0.6) is 0 Å². The number of nitrogen functional groups attached to an aromatic ring is 1. The van der Waals surface area contributed by atoms with Crippen molar-refractivity contribution in [3.05, 3.63) is 91.3 Å². The summed E-state index contributed by atoms with van der Waals surface area (Å²) < 4.78 is 15.6. The number of halogens is 2. The Bertz CT molecular complexity index is 1320. The molecule has 1 fully saturated rings. The Kier molecular flexibility index (Phi) is 7.37. The number of carbonyl (C=O) groups is 1. The van der Waals surface area contributed by atoms with E-state index in [0.29, 0.717) is 10.6 Å². The normalized spacial score (nSPS) is 13.3. The van der Waals surface area contributed by atoms with Crippen LogP contribution in [0.2, 0.25) is 5.02 Å². The SMILES string of the molecule is CCN(C(=O)CN(Cc1c(F)cccc1Cl)C1CC1)c1c(N)n(Cc2ccccc2)c(=O)[nH]c1=O. The molecule has 8 nitrogen and oxygen atoms in total. The fourth-order valence-electron chi connectivity index (χ4n) is 4.12. The van der Waals surface area contributed by atoms with Gasteiger partial charge in [0, 0.05) is 29.7 Å². The summed E-state index contributed by atoms with van der Waals surface area (Å²) in [5, 5.41) is 0.295. The predicted octanol–water partition coefficient (Wildman–Crippen LogP) is 2.98. The van der Waals surface area contributed by atoms with E-state index in [1.165, 1.54) is 21.6 Å². The number of nitrogens with two attached hydrogens (primary N) is 1. The molecule has 35 heavy (non-hydrogen) atoms. The predicted molar refractivity (Wildman–Crippen MR) is 134 cm³/mol. The Morgan fingerprint density at radius 3 is 2.51 bits per heavy atom. The second kappa shape index (κ2) is 10.5. The van der Waals surface area contributed by atoms with Gasteiger partial charge < -0.3 is 10.6 Å². The maximum atomic E-state index is 14.4. The van der Waals surface area contributed by atoms with Gasteiger partial charge in [0.05, 0.1) is 13.1 Å². The number of likely N-dealkylation sites (N-methyl/N-ethyl adjacent to an activating group) is 1. The second-order valence-corrected chi connectivity index (χ2v) is 8.95. The van der Waals surface area contributed by atoms with E-state index < -0.39 is 17.1 Å². The van der Waals surface area contributed by atoms with Gasteiger partial charge in [-0.05, 0) is 37.5 Å². The third-order valence-electron chi connectivity index (χ3n) is 6.11. The molecule has 4 rings (SSSR count). The van der Waals surface area contributed by atoms with Crippen molar-refractivity contribution < 1.29 is 9.18 Å². The van der Waals surface area contributed by atoms with Crippen molar-refractivity contribution in [2.24, 2.45) is 0 Å². The molecule has 1 aromatic heterocycles. The van der Waals surface area contributed by atoms with Crippen molar-refractivity contribution in [3.8, 4) is 0 Å². The number of rotatable bonds is 9. The highest BCUT2D eigenvalue weighted by atomic mass is 35.5. The maximum Gasteiger partial charge on any atom is 0.330 e. The molecule has 0 unspecified atom stereocenters. The van der Waals surface area contributed by atoms with E-state index in [0.717, 1.165) is 18.4 Å². The summed E-state index contributed by atoms with van der Waals surface area (Å²) in [6, 6.07) is 13.8. The number of nitrogens with zero attached hydrogens (tertiary/aromatic N) is 3. The van der Waals surface area contributed by atoms with Crippen LogP contribution < -0.4 is 21.9 Å². The quantitative estimate of drug-likeness (QED) is 0.471. The lowest BCUT2D eigenvalue weighted by molar-refractivity contribution is -0.120. The van der Waals surface area contributed by atoms with Gasteiger partial charge in [0.15, 0.2) is 5.69 Å². The number of hydrogen-bond acceptors (Lipinski definition) is 5. The molecular formula is C25H27ClFN5O3. The molecule has 1 heterocycles. The van der Waals surface area contributed by atoms with E-state index in [1.54, 1.807) is 13.0 Å². The molecule has 1 amide bonds. The summed E-state index contributed by atoms with van der Waals surface area (Å²) in [6.07, 6.45) is 1.77. The van der Waals surface area contributed by atoms with Gasteiger partial charge in [0.25, 0.3) is 5.56 Å². The van der Waals surface area contributed by atoms with Crippen molar-refractivity contribution in [2.45, 2.75) is 38.9 Å². The van der Waals surface area contributed by atoms with Crippen molar-refractivity contribution >= 4 is 29.0 Å². The first kappa shape index (κ1) is 24.7. The van der Waals surface area contributed by atoms with Crippen LogP contribution in [0.3, 0.4) is 0 Å². The van der Waals surface area contributed by atoms with E-state index >= 15 is 0 Å². The molecule has 3 aromatic rings. The van der Waals surface area contributed by atoms with Crippen LogP contribution in [-0.4, -0.2) is 39.5 Å². The first-order valence-electron chi connectivity index (χ1n) is 11.4. The number of aromatic nitrogens is 2. The maximum absolute atomic E-state index is 14.4. The number of H-pyrrole nitrogens is 1. The molecule has 0 spiro atoms. The topological polar surface area (TPSA) is 104 Å². The fourth-order valence-corrected chi connectivity index (χ4v) is 4.34. The van der Waals surface area contributed by atoms with Crippen LogP contribution in [0.15, 0.2) is 58.1 Å². The molecule has 0 atom stereocenters. The molecule has 3 N–H and O–H groups in total. The number of benzene rings is 2. The monoisotopic (exact) mass is 499 g/mol. The Balaban J connectivity index is 1.62. The number of amides is 1. The first-order chi connectivity index (χ1) is 16.8. The minimum Gasteiger partial charge on any atom is -0.383 e. The molecule has 2 aromatic carbocycles. The van der Waals surface area contributed by atoms with Gasteiger partial charge in [-0.25, -0.2) is 9.18 Å². The molecule has 0 saturated heterocycles. The van der Waals surface area contributed by atoms with E-state index in [4.69, 9.17) is 17.3 Å². The standard InChI is InChI=1S/C25H27ClFN5O3/c1-2-31(21(33)15-30(17-11-12-17)14-18-19(26)9-6-10-20(18)27)22-23(28)32(25(35)29-24(22)34)13-16-7-4-3-5-8-16/h3-10,17H,2,11-15,28H2,1H3,(H,29,34,35). The van der Waals surface area contributed by atoms with Crippen LogP contribution in [0.4, 0.5) is 15.9 Å². The van der Waals surface area contributed by atoms with Crippen molar-refractivity contribution in [1.82, 2.24) is 14.5 Å². The highest BCUT2D eigenvalue weighted by Crippen LogP contribution is 2.31. The van der Waals surface area contributed by atoms with Gasteiger partial charge in [-0.3, -0.25) is 24.0 Å². The lowest BCUT2D eigenvalue weighted by Gasteiger charge is -2.28. The lowest BCUT2D eigenvalue weighted by Crippen LogP contribution is -2.45. The summed E-state index contributed by atoms with van der Waals surface area (Å²) in [5.74, 6) is -0.904. The Morgan fingerprint density at radius 1 is 1.17 bits per heavy atom. The summed E-state index contributed by atoms with van der Waals surface area (Å²) in [5.41, 5.74) is 5.96. The molecular weight excluding hydrogens is 473 g/mol. The zero-order valence-electron chi connectivity index (χ0n) is 19.3. The molecule has 0 aliphatic heterocycles. The largest absolute Gasteiger partial charge is 0.383 e. The number of hydrogen-bond donors (Lipinski definition) is 2. The third kappa shape index (κ3) is 5.47. The van der Waals surface area contributed by atoms with Crippen LogP contribution in [-0.2, 0) is 17.9 Å². The number of aromatic amines is 1. The molecule has 10 heteroatoms. The number of anilines is 2. The zero-order chi connectivity index (χ0) is 25.1. The Hall–Kier alpha value is -3.43. The summed E-state index contributed by atoms with van der Waals surface area (Å²) >= 11 is 6.20. The molecule has 184 valence electrons. The van der Waals surface area contributed by atoms with Crippen molar-refractivity contribution in [3.63, 3.8) is 0 Å². The summed E-state index contributed by atoms with van der Waals surface area (Å²) in [4.78, 5) is 44.1. The average molecular weight is 500 g/mol. The average Bonchev–Trinajstić information content (AvgIpc) is 3.67. The Labute approximate surface area is 206 Å². The minimum atomic E-state index is -0.734. The molecule has 0 radical (unpaired) electrons. The van der Waals surface area contributed by atoms with E-state index in [-0.39, 0.29) is 49.6 Å². The van der Waals surface area contributed by atoms with Gasteiger partial charge in [-0.15, -0.1) is 0 Å². The molecule has 1 aliphatic rings. The highest BCUT2D eigenvalue weighted by molar-refractivity contribution is 6.31. The number of carbonyl (C=O) groups excluding carboxylic acids is 1. The van der Waals surface area contributed by atoms with Gasteiger partial charge in [-0.2, -0.15) is 0 Å². The Morgan fingerprint density at radius 2 is 1.89 bits per heavy atom. The zero-order valence-corrected chi connectivity index (χ0v) is 20.1. The number of nitrogens with one attached hydrogen (secondary N) is 1. The molecule has 1 aliphatic carbocycles. The first-order valence-corrected chi connectivity index (χ1v) is 11.8. The van der Waals surface area contributed by atoms with E-state index in [9.17, 15) is 18.8 Å². The fraction of sp³-hybridized carbons (Fsp3) is 0.320. The molecule has 0 bridgehead atoms. The van der Waals surface area contributed by atoms with Crippen molar-refractivity contribution in [2.75, 3.05) is 23.7 Å². The lowest BCUT2D eigenvalue weighted by atomic mass is 10.2. The van der Waals surface area contributed by atoms with Gasteiger partial charge in [-0.1, -0.05) is 48.0 Å². The van der Waals surface area contributed by atoms with Crippen molar-refractivity contribution in [1.29, 1.82) is 0 Å². The van der Waals surface area contributed by atoms with Gasteiger partial charge >= 0.3 is 5.69 Å². The van der Waals surface area contributed by atoms with Gasteiger partial charge in [0.2, 0.25) is 5.91 Å². The summed E-state index contributed by atoms with van der Waals surface area (Å²) in [6.45, 7) is 2.13. The summed E-state index contributed by atoms with van der Waals surface area (Å²) in [7, 11) is 0. The highest BCUT2D eigenvalue weighted by Gasteiger charge is 2.33. The van der Waals surface area contributed by atoms with Gasteiger partial charge in [0.1, 0.15) is 11.6 Å². The van der Waals surface area contributed by atoms with Crippen LogP contribution in [0.25, 0.3) is 0 Å². The minimum absolute atomic E-state index is 0.0557. The molecule has 1 saturated carbocycles. The van der Waals surface area contributed by atoms with E-state index in [2.05, 4.69) is 4.98 Å². The second-order valence-electron chi connectivity index (χ2n) is 8.54. The van der Waals surface area contributed by atoms with Crippen LogP contribution in [0, 0.1) is 5.82 Å². The third-order valence-corrected chi connectivity index (χ3v) is 6.46. The smallest absolute Gasteiger partial charge is 0.330 e.